The van der Waals surface area contributed by atoms with Gasteiger partial charge in [0.25, 0.3) is 0 Å². The number of carbonyl (C=O) groups is 2. The zero-order valence-electron chi connectivity index (χ0n) is 16.6. The molecule has 2 fully saturated rings. The molecule has 2 aliphatic rings. The summed E-state index contributed by atoms with van der Waals surface area (Å²) in [4.78, 5) is 28.7. The zero-order valence-corrected chi connectivity index (χ0v) is 16.6. The molecular formula is C20H36N2O3. The largest absolute Gasteiger partial charge is 0.465 e. The maximum atomic E-state index is 12.9. The number of esters is 1. The van der Waals surface area contributed by atoms with Crippen LogP contribution in [0.15, 0.2) is 0 Å². The smallest absolute Gasteiger partial charge is 0.320 e. The molecule has 0 N–H and O–H groups in total. The Balaban J connectivity index is 1.80. The van der Waals surface area contributed by atoms with Crippen molar-refractivity contribution < 1.29 is 14.3 Å². The molecular weight excluding hydrogens is 316 g/mol. The number of rotatable bonds is 4. The number of ether oxygens (including phenoxy) is 1. The molecule has 0 radical (unpaired) electrons. The highest BCUT2D eigenvalue weighted by Gasteiger charge is 2.34. The third-order valence-electron chi connectivity index (χ3n) is 5.86. The van der Waals surface area contributed by atoms with Crippen LogP contribution in [-0.2, 0) is 14.3 Å². The first-order chi connectivity index (χ1) is 11.8. The molecule has 0 bridgehead atoms. The van der Waals surface area contributed by atoms with Gasteiger partial charge < -0.3 is 9.64 Å². The molecule has 1 aliphatic heterocycles. The molecule has 144 valence electrons. The highest BCUT2D eigenvalue weighted by molar-refractivity contribution is 5.79. The van der Waals surface area contributed by atoms with Crippen LogP contribution in [-0.4, -0.2) is 61.0 Å². The second kappa shape index (κ2) is 9.02. The van der Waals surface area contributed by atoms with Crippen LogP contribution in [0.4, 0.5) is 0 Å². The van der Waals surface area contributed by atoms with Gasteiger partial charge in [0.15, 0.2) is 0 Å². The van der Waals surface area contributed by atoms with E-state index in [0.717, 1.165) is 51.4 Å². The maximum Gasteiger partial charge on any atom is 0.320 e. The summed E-state index contributed by atoms with van der Waals surface area (Å²) in [5.41, 5.74) is 0.351. The standard InChI is InChI=1S/C20H36N2O3/c1-5-25-18(23)15-21-11-6-12-22(14-13-21)19(24)16-7-9-17(10-8-16)20(2,3)4/h16-17H,5-15H2,1-4H3. The van der Waals surface area contributed by atoms with Gasteiger partial charge in [-0.3, -0.25) is 14.5 Å². The average molecular weight is 353 g/mol. The van der Waals surface area contributed by atoms with Crippen LogP contribution in [0, 0.1) is 17.3 Å². The molecule has 1 aliphatic carbocycles. The summed E-state index contributed by atoms with van der Waals surface area (Å²) in [6.07, 6.45) is 5.33. The Labute approximate surface area is 153 Å². The molecule has 5 nitrogen and oxygen atoms in total. The van der Waals surface area contributed by atoms with Gasteiger partial charge in [-0.15, -0.1) is 0 Å². The summed E-state index contributed by atoms with van der Waals surface area (Å²) in [5, 5.41) is 0. The van der Waals surface area contributed by atoms with E-state index in [1.165, 1.54) is 12.8 Å². The molecule has 0 aromatic heterocycles. The van der Waals surface area contributed by atoms with Crippen molar-refractivity contribution >= 4 is 11.9 Å². The minimum atomic E-state index is -0.164. The van der Waals surface area contributed by atoms with Gasteiger partial charge in [-0.25, -0.2) is 0 Å². The summed E-state index contributed by atoms with van der Waals surface area (Å²) in [6, 6.07) is 0. The normalized spacial score (nSPS) is 26.2. The van der Waals surface area contributed by atoms with Crippen molar-refractivity contribution in [2.24, 2.45) is 17.3 Å². The Kier molecular flexibility index (Phi) is 7.29. The second-order valence-corrected chi connectivity index (χ2v) is 8.67. The third kappa shape index (κ3) is 5.98. The van der Waals surface area contributed by atoms with E-state index >= 15 is 0 Å². The van der Waals surface area contributed by atoms with Crippen LogP contribution in [0.3, 0.4) is 0 Å². The first-order valence-electron chi connectivity index (χ1n) is 9.98. The van der Waals surface area contributed by atoms with Gasteiger partial charge in [0.05, 0.1) is 13.2 Å². The van der Waals surface area contributed by atoms with Crippen molar-refractivity contribution in [3.8, 4) is 0 Å². The van der Waals surface area contributed by atoms with Crippen LogP contribution in [0.1, 0.15) is 59.8 Å². The van der Waals surface area contributed by atoms with E-state index in [0.29, 0.717) is 24.5 Å². The third-order valence-corrected chi connectivity index (χ3v) is 5.86. The van der Waals surface area contributed by atoms with Gasteiger partial charge in [-0.2, -0.15) is 0 Å². The van der Waals surface area contributed by atoms with E-state index in [2.05, 4.69) is 25.7 Å². The van der Waals surface area contributed by atoms with Crippen LogP contribution in [0.2, 0.25) is 0 Å². The lowest BCUT2D eigenvalue weighted by Crippen LogP contribution is -2.41. The van der Waals surface area contributed by atoms with E-state index in [9.17, 15) is 9.59 Å². The molecule has 0 atom stereocenters. The average Bonchev–Trinajstić information content (AvgIpc) is 2.79. The summed E-state index contributed by atoms with van der Waals surface area (Å²) in [5.74, 6) is 1.11. The molecule has 1 heterocycles. The first-order valence-corrected chi connectivity index (χ1v) is 9.98. The topological polar surface area (TPSA) is 49.9 Å². The SMILES string of the molecule is CCOC(=O)CN1CCCN(C(=O)C2CCC(C(C)(C)C)CC2)CC1. The lowest BCUT2D eigenvalue weighted by atomic mass is 9.69. The molecule has 0 aromatic rings. The number of hydrogen-bond donors (Lipinski definition) is 0. The maximum absolute atomic E-state index is 12.9. The van der Waals surface area contributed by atoms with Crippen molar-refractivity contribution in [3.63, 3.8) is 0 Å². The quantitative estimate of drug-likeness (QED) is 0.730. The Hall–Kier alpha value is -1.10. The Morgan fingerprint density at radius 2 is 1.68 bits per heavy atom. The number of hydrogen-bond acceptors (Lipinski definition) is 4. The van der Waals surface area contributed by atoms with Crippen LogP contribution in [0.25, 0.3) is 0 Å². The van der Waals surface area contributed by atoms with Crippen molar-refractivity contribution in [1.29, 1.82) is 0 Å². The predicted octanol–water partition coefficient (Wildman–Crippen LogP) is 2.94. The molecule has 1 amide bonds. The molecule has 0 spiro atoms. The Morgan fingerprint density at radius 1 is 1.00 bits per heavy atom. The fourth-order valence-corrected chi connectivity index (χ4v) is 4.20. The zero-order chi connectivity index (χ0) is 18.4. The molecule has 0 aromatic carbocycles. The van der Waals surface area contributed by atoms with E-state index in [1.807, 2.05) is 11.8 Å². The fourth-order valence-electron chi connectivity index (χ4n) is 4.20. The summed E-state index contributed by atoms with van der Waals surface area (Å²) >= 11 is 0. The lowest BCUT2D eigenvalue weighted by molar-refractivity contribution is -0.144. The van der Waals surface area contributed by atoms with E-state index in [1.54, 1.807) is 0 Å². The van der Waals surface area contributed by atoms with Gasteiger partial charge in [-0.05, 0) is 50.4 Å². The van der Waals surface area contributed by atoms with E-state index < -0.39 is 0 Å². The number of nitrogens with zero attached hydrogens (tertiary/aromatic N) is 2. The van der Waals surface area contributed by atoms with Crippen LogP contribution >= 0.6 is 0 Å². The van der Waals surface area contributed by atoms with Gasteiger partial charge in [0.2, 0.25) is 5.91 Å². The van der Waals surface area contributed by atoms with Gasteiger partial charge in [-0.1, -0.05) is 20.8 Å². The van der Waals surface area contributed by atoms with E-state index in [-0.39, 0.29) is 11.9 Å². The first kappa shape index (κ1) is 20.2. The van der Waals surface area contributed by atoms with Gasteiger partial charge in [0, 0.05) is 32.1 Å². The second-order valence-electron chi connectivity index (χ2n) is 8.67. The summed E-state index contributed by atoms with van der Waals surface area (Å²) < 4.78 is 5.03. The van der Waals surface area contributed by atoms with Gasteiger partial charge in [0.1, 0.15) is 0 Å². The predicted molar refractivity (Wildman–Crippen MR) is 99.2 cm³/mol. The summed E-state index contributed by atoms with van der Waals surface area (Å²) in [7, 11) is 0. The lowest BCUT2D eigenvalue weighted by Gasteiger charge is -2.37. The molecule has 1 saturated heterocycles. The highest BCUT2D eigenvalue weighted by Crippen LogP contribution is 2.40. The molecule has 1 saturated carbocycles. The molecule has 0 unspecified atom stereocenters. The minimum Gasteiger partial charge on any atom is -0.465 e. The number of amides is 1. The van der Waals surface area contributed by atoms with Crippen molar-refractivity contribution in [2.45, 2.75) is 59.8 Å². The monoisotopic (exact) mass is 352 g/mol. The Morgan fingerprint density at radius 3 is 2.28 bits per heavy atom. The van der Waals surface area contributed by atoms with Gasteiger partial charge >= 0.3 is 5.97 Å². The summed E-state index contributed by atoms with van der Waals surface area (Å²) in [6.45, 7) is 12.7. The Bertz CT molecular complexity index is 450. The van der Waals surface area contributed by atoms with Crippen LogP contribution < -0.4 is 0 Å². The number of carbonyl (C=O) groups excluding carboxylic acids is 2. The molecule has 5 heteroatoms. The molecule has 25 heavy (non-hydrogen) atoms. The van der Waals surface area contributed by atoms with Crippen LogP contribution in [0.5, 0.6) is 0 Å². The van der Waals surface area contributed by atoms with Crippen molar-refractivity contribution in [2.75, 3.05) is 39.3 Å². The minimum absolute atomic E-state index is 0.164. The van der Waals surface area contributed by atoms with E-state index in [4.69, 9.17) is 4.74 Å². The van der Waals surface area contributed by atoms with Crippen molar-refractivity contribution in [1.82, 2.24) is 9.80 Å². The van der Waals surface area contributed by atoms with Crippen molar-refractivity contribution in [3.05, 3.63) is 0 Å². The fraction of sp³-hybridized carbons (Fsp3) is 0.900. The highest BCUT2D eigenvalue weighted by atomic mass is 16.5. The molecule has 2 rings (SSSR count).